The fraction of sp³-hybridized carbons (Fsp3) is 0.385. The van der Waals surface area contributed by atoms with Crippen LogP contribution in [0.3, 0.4) is 0 Å². The molecule has 0 aliphatic carbocycles. The van der Waals surface area contributed by atoms with Gasteiger partial charge in [-0.2, -0.15) is 0 Å². The number of furan rings is 1. The highest BCUT2D eigenvalue weighted by Gasteiger charge is 2.11. The van der Waals surface area contributed by atoms with Crippen LogP contribution in [-0.2, 0) is 0 Å². The molecule has 2 aromatic rings. The molecule has 3 heteroatoms. The van der Waals surface area contributed by atoms with Crippen LogP contribution in [0.25, 0.3) is 11.0 Å². The predicted molar refractivity (Wildman–Crippen MR) is 67.9 cm³/mol. The minimum atomic E-state index is 0.225. The van der Waals surface area contributed by atoms with Gasteiger partial charge in [-0.25, -0.2) is 0 Å². The highest BCUT2D eigenvalue weighted by molar-refractivity contribution is 6.34. The molecule has 1 unspecified atom stereocenters. The predicted octanol–water partition coefficient (Wildman–Crippen LogP) is 4.15. The first-order valence-corrected chi connectivity index (χ1v) is 6.01. The quantitative estimate of drug-likeness (QED) is 0.864. The topological polar surface area (TPSA) is 25.2 Å². The van der Waals surface area contributed by atoms with E-state index in [1.54, 1.807) is 0 Å². The smallest absolute Gasteiger partial charge is 0.152 e. The molecule has 1 aromatic heterocycles. The van der Waals surface area contributed by atoms with Gasteiger partial charge in [0, 0.05) is 5.39 Å². The molecule has 0 spiro atoms. The average molecular weight is 238 g/mol. The minimum absolute atomic E-state index is 0.225. The van der Waals surface area contributed by atoms with Crippen LogP contribution >= 0.6 is 11.6 Å². The number of hydrogen-bond donors (Lipinski definition) is 1. The Labute approximate surface area is 101 Å². The summed E-state index contributed by atoms with van der Waals surface area (Å²) >= 11 is 6.07. The molecule has 1 atom stereocenters. The summed E-state index contributed by atoms with van der Waals surface area (Å²) in [5.41, 5.74) is 0.782. The van der Waals surface area contributed by atoms with Crippen LogP contribution in [0, 0.1) is 0 Å². The van der Waals surface area contributed by atoms with Gasteiger partial charge in [-0.3, -0.25) is 0 Å². The first-order chi connectivity index (χ1) is 7.72. The van der Waals surface area contributed by atoms with Gasteiger partial charge in [-0.05, 0) is 32.0 Å². The van der Waals surface area contributed by atoms with Gasteiger partial charge in [0.15, 0.2) is 5.58 Å². The number of halogens is 1. The Morgan fingerprint density at radius 2 is 2.25 bits per heavy atom. The maximum atomic E-state index is 6.07. The van der Waals surface area contributed by atoms with E-state index in [1.807, 2.05) is 18.2 Å². The maximum Gasteiger partial charge on any atom is 0.152 e. The summed E-state index contributed by atoms with van der Waals surface area (Å²) in [6.07, 6.45) is 1.12. The third-order valence-electron chi connectivity index (χ3n) is 2.64. The fourth-order valence-corrected chi connectivity index (χ4v) is 1.94. The molecule has 86 valence electrons. The van der Waals surface area contributed by atoms with Crippen molar-refractivity contribution < 1.29 is 4.42 Å². The van der Waals surface area contributed by atoms with Crippen molar-refractivity contribution in [2.75, 3.05) is 6.54 Å². The number of para-hydroxylation sites is 1. The number of benzene rings is 1. The Morgan fingerprint density at radius 1 is 1.44 bits per heavy atom. The molecule has 0 bridgehead atoms. The standard InChI is InChI=1S/C13H16ClNO/c1-3-7-15-9(2)12-8-10-5-4-6-11(14)13(10)16-12/h4-6,8-9,15H,3,7H2,1-2H3. The molecule has 1 N–H and O–H groups in total. The Balaban J connectivity index is 2.29. The van der Waals surface area contributed by atoms with Crippen LogP contribution in [-0.4, -0.2) is 6.54 Å². The van der Waals surface area contributed by atoms with Crippen LogP contribution in [0.1, 0.15) is 32.1 Å². The van der Waals surface area contributed by atoms with E-state index < -0.39 is 0 Å². The normalized spacial score (nSPS) is 13.2. The molecular formula is C13H16ClNO. The molecule has 0 saturated carbocycles. The lowest BCUT2D eigenvalue weighted by Crippen LogP contribution is -2.18. The van der Waals surface area contributed by atoms with Gasteiger partial charge in [-0.1, -0.05) is 30.7 Å². The summed E-state index contributed by atoms with van der Waals surface area (Å²) in [4.78, 5) is 0. The van der Waals surface area contributed by atoms with Crippen molar-refractivity contribution in [2.45, 2.75) is 26.3 Å². The highest BCUT2D eigenvalue weighted by atomic mass is 35.5. The first-order valence-electron chi connectivity index (χ1n) is 5.63. The maximum absolute atomic E-state index is 6.07. The van der Waals surface area contributed by atoms with Crippen LogP contribution in [0.4, 0.5) is 0 Å². The lowest BCUT2D eigenvalue weighted by atomic mass is 10.2. The Bertz CT molecular complexity index is 478. The molecule has 0 aliphatic heterocycles. The van der Waals surface area contributed by atoms with E-state index >= 15 is 0 Å². The van der Waals surface area contributed by atoms with E-state index in [2.05, 4.69) is 25.2 Å². The lowest BCUT2D eigenvalue weighted by Gasteiger charge is -2.09. The monoisotopic (exact) mass is 237 g/mol. The summed E-state index contributed by atoms with van der Waals surface area (Å²) in [7, 11) is 0. The number of nitrogens with one attached hydrogen (secondary N) is 1. The van der Waals surface area contributed by atoms with Gasteiger partial charge in [0.05, 0.1) is 11.1 Å². The van der Waals surface area contributed by atoms with Crippen molar-refractivity contribution in [2.24, 2.45) is 0 Å². The lowest BCUT2D eigenvalue weighted by molar-refractivity contribution is 0.452. The van der Waals surface area contributed by atoms with E-state index in [1.165, 1.54) is 0 Å². The second-order valence-corrected chi connectivity index (χ2v) is 4.39. The molecule has 0 saturated heterocycles. The summed E-state index contributed by atoms with van der Waals surface area (Å²) < 4.78 is 5.76. The van der Waals surface area contributed by atoms with E-state index in [4.69, 9.17) is 16.0 Å². The molecule has 0 aliphatic rings. The first kappa shape index (κ1) is 11.5. The zero-order valence-corrected chi connectivity index (χ0v) is 10.3. The van der Waals surface area contributed by atoms with Gasteiger partial charge in [0.1, 0.15) is 5.76 Å². The van der Waals surface area contributed by atoms with Gasteiger partial charge in [0.25, 0.3) is 0 Å². The summed E-state index contributed by atoms with van der Waals surface area (Å²) in [5, 5.41) is 5.13. The Hall–Kier alpha value is -0.990. The summed E-state index contributed by atoms with van der Waals surface area (Å²) in [6, 6.07) is 8.08. The molecule has 1 aromatic carbocycles. The fourth-order valence-electron chi connectivity index (χ4n) is 1.72. The zero-order chi connectivity index (χ0) is 11.5. The minimum Gasteiger partial charge on any atom is -0.458 e. The van der Waals surface area contributed by atoms with E-state index in [0.717, 1.165) is 29.7 Å². The molecule has 2 rings (SSSR count). The average Bonchev–Trinajstić information content (AvgIpc) is 2.71. The van der Waals surface area contributed by atoms with Crippen molar-refractivity contribution in [3.63, 3.8) is 0 Å². The van der Waals surface area contributed by atoms with Crippen molar-refractivity contribution in [3.05, 3.63) is 35.0 Å². The molecule has 0 fully saturated rings. The van der Waals surface area contributed by atoms with E-state index in [9.17, 15) is 0 Å². The number of rotatable bonds is 4. The number of fused-ring (bicyclic) bond motifs is 1. The molecular weight excluding hydrogens is 222 g/mol. The van der Waals surface area contributed by atoms with Crippen molar-refractivity contribution in [1.82, 2.24) is 5.32 Å². The summed E-state index contributed by atoms with van der Waals surface area (Å²) in [5.74, 6) is 0.941. The third kappa shape index (κ3) is 2.23. The Kier molecular flexibility index (Phi) is 3.52. The molecule has 1 heterocycles. The van der Waals surface area contributed by atoms with Gasteiger partial charge >= 0.3 is 0 Å². The zero-order valence-electron chi connectivity index (χ0n) is 9.59. The Morgan fingerprint density at radius 3 is 2.94 bits per heavy atom. The van der Waals surface area contributed by atoms with E-state index in [-0.39, 0.29) is 6.04 Å². The van der Waals surface area contributed by atoms with E-state index in [0.29, 0.717) is 5.02 Å². The van der Waals surface area contributed by atoms with Gasteiger partial charge in [0.2, 0.25) is 0 Å². The van der Waals surface area contributed by atoms with Crippen molar-refractivity contribution in [1.29, 1.82) is 0 Å². The summed E-state index contributed by atoms with van der Waals surface area (Å²) in [6.45, 7) is 5.24. The van der Waals surface area contributed by atoms with Crippen molar-refractivity contribution >= 4 is 22.6 Å². The second kappa shape index (κ2) is 4.89. The molecule has 2 nitrogen and oxygen atoms in total. The molecule has 0 radical (unpaired) electrons. The van der Waals surface area contributed by atoms with Crippen LogP contribution < -0.4 is 5.32 Å². The second-order valence-electron chi connectivity index (χ2n) is 3.98. The van der Waals surface area contributed by atoms with Crippen molar-refractivity contribution in [3.8, 4) is 0 Å². The molecule has 0 amide bonds. The van der Waals surface area contributed by atoms with Crippen LogP contribution in [0.2, 0.25) is 5.02 Å². The van der Waals surface area contributed by atoms with Crippen LogP contribution in [0.15, 0.2) is 28.7 Å². The largest absolute Gasteiger partial charge is 0.458 e. The van der Waals surface area contributed by atoms with Gasteiger partial charge < -0.3 is 9.73 Å². The SMILES string of the molecule is CCCNC(C)c1cc2cccc(Cl)c2o1. The van der Waals surface area contributed by atoms with Gasteiger partial charge in [-0.15, -0.1) is 0 Å². The molecule has 16 heavy (non-hydrogen) atoms. The third-order valence-corrected chi connectivity index (χ3v) is 2.94. The highest BCUT2D eigenvalue weighted by Crippen LogP contribution is 2.29. The number of hydrogen-bond acceptors (Lipinski definition) is 2. The van der Waals surface area contributed by atoms with Crippen LogP contribution in [0.5, 0.6) is 0 Å².